The molecule has 2 aromatic rings. The molecule has 0 radical (unpaired) electrons. The Bertz CT molecular complexity index is 1270. The van der Waals surface area contributed by atoms with Crippen molar-refractivity contribution in [2.75, 3.05) is 13.7 Å². The number of nitrogens with one attached hydrogen (secondary N) is 4. The highest BCUT2D eigenvalue weighted by Crippen LogP contribution is 2.29. The second-order valence-corrected chi connectivity index (χ2v) is 12.1. The van der Waals surface area contributed by atoms with E-state index in [1.807, 2.05) is 71.9 Å². The molecule has 12 heteroatoms. The largest absolute Gasteiger partial charge is 0.366 e. The predicted octanol–water partition coefficient (Wildman–Crippen LogP) is 3.36. The van der Waals surface area contributed by atoms with Crippen molar-refractivity contribution < 1.29 is 9.53 Å². The van der Waals surface area contributed by atoms with Crippen molar-refractivity contribution in [3.8, 4) is 0 Å². The minimum Gasteiger partial charge on any atom is -0.366 e. The smallest absolute Gasteiger partial charge is 0.248 e. The highest BCUT2D eigenvalue weighted by Gasteiger charge is 2.35. The van der Waals surface area contributed by atoms with Crippen LogP contribution in [0, 0.1) is 5.41 Å². The number of hydrogen-bond donors (Lipinski definition) is 6. The second-order valence-electron chi connectivity index (χ2n) is 11.3. The zero-order valence-electron chi connectivity index (χ0n) is 24.8. The van der Waals surface area contributed by atoms with Gasteiger partial charge in [0.2, 0.25) is 5.91 Å². The molecule has 0 saturated heterocycles. The van der Waals surface area contributed by atoms with E-state index < -0.39 is 17.2 Å². The average molecular weight is 599 g/mol. The lowest BCUT2D eigenvalue weighted by Crippen LogP contribution is -2.52. The number of rotatable bonds is 11. The van der Waals surface area contributed by atoms with Gasteiger partial charge in [0.25, 0.3) is 0 Å². The van der Waals surface area contributed by atoms with Crippen LogP contribution in [0.15, 0.2) is 64.8 Å². The Morgan fingerprint density at radius 1 is 0.829 bits per heavy atom. The summed E-state index contributed by atoms with van der Waals surface area (Å²) >= 11 is 10.8. The van der Waals surface area contributed by atoms with Crippen LogP contribution in [0.25, 0.3) is 0 Å². The molecule has 0 aliphatic heterocycles. The van der Waals surface area contributed by atoms with Crippen molar-refractivity contribution in [1.29, 1.82) is 0 Å². The molecule has 10 nitrogen and oxygen atoms in total. The number of primary amides is 1. The number of nitrogens with zero attached hydrogens (tertiary/aromatic N) is 2. The summed E-state index contributed by atoms with van der Waals surface area (Å²) in [5, 5.41) is 16.0. The van der Waals surface area contributed by atoms with Crippen LogP contribution in [-0.4, -0.2) is 52.5 Å². The molecule has 0 aliphatic carbocycles. The van der Waals surface area contributed by atoms with E-state index in [1.165, 1.54) is 0 Å². The SMILES string of the molecule is CNC(=S)N/N=C(/C(=N/NC(=S)NC(C)(C)CCOC(C)(N)C(C)(C)C)c1ccccc1)c1ccc(C(N)=O)cc1. The summed E-state index contributed by atoms with van der Waals surface area (Å²) in [6.07, 6.45) is 0.650. The van der Waals surface area contributed by atoms with Crippen molar-refractivity contribution in [2.45, 2.75) is 59.2 Å². The first-order valence-corrected chi connectivity index (χ1v) is 14.0. The van der Waals surface area contributed by atoms with E-state index in [2.05, 4.69) is 31.7 Å². The molecule has 1 amide bonds. The zero-order valence-corrected chi connectivity index (χ0v) is 26.4. The average Bonchev–Trinajstić information content (AvgIpc) is 2.89. The molecule has 41 heavy (non-hydrogen) atoms. The number of hydrazone groups is 2. The lowest BCUT2D eigenvalue weighted by atomic mass is 9.85. The Morgan fingerprint density at radius 2 is 1.32 bits per heavy atom. The van der Waals surface area contributed by atoms with Gasteiger partial charge in [-0.1, -0.05) is 63.2 Å². The summed E-state index contributed by atoms with van der Waals surface area (Å²) in [5.74, 6) is -0.526. The van der Waals surface area contributed by atoms with E-state index in [-0.39, 0.29) is 5.41 Å². The molecule has 0 fully saturated rings. The van der Waals surface area contributed by atoms with E-state index in [4.69, 9.17) is 40.6 Å². The van der Waals surface area contributed by atoms with E-state index in [9.17, 15) is 4.79 Å². The number of carbonyl (C=O) groups is 1. The van der Waals surface area contributed by atoms with Crippen molar-refractivity contribution in [3.05, 3.63) is 71.3 Å². The van der Waals surface area contributed by atoms with Gasteiger partial charge in [-0.15, -0.1) is 0 Å². The molecule has 8 N–H and O–H groups in total. The Hall–Kier alpha value is -3.45. The third kappa shape index (κ3) is 10.5. The predicted molar refractivity (Wildman–Crippen MR) is 175 cm³/mol. The van der Waals surface area contributed by atoms with E-state index in [0.717, 1.165) is 5.56 Å². The number of benzene rings is 2. The van der Waals surface area contributed by atoms with Gasteiger partial charge in [0, 0.05) is 34.7 Å². The first-order chi connectivity index (χ1) is 19.1. The summed E-state index contributed by atoms with van der Waals surface area (Å²) in [6.45, 7) is 12.5. The van der Waals surface area contributed by atoms with Crippen LogP contribution in [0.4, 0.5) is 0 Å². The minimum absolute atomic E-state index is 0.213. The minimum atomic E-state index is -0.772. The van der Waals surface area contributed by atoms with Gasteiger partial charge in [0.15, 0.2) is 10.2 Å². The Labute approximate surface area is 253 Å². The highest BCUT2D eigenvalue weighted by molar-refractivity contribution is 7.80. The Balaban J connectivity index is 2.33. The second kappa shape index (κ2) is 14.4. The first kappa shape index (κ1) is 33.8. The third-order valence-corrected chi connectivity index (χ3v) is 7.04. The van der Waals surface area contributed by atoms with Crippen LogP contribution in [0.3, 0.4) is 0 Å². The monoisotopic (exact) mass is 598 g/mol. The number of hydrogen-bond acceptors (Lipinski definition) is 7. The van der Waals surface area contributed by atoms with Crippen molar-refractivity contribution in [3.63, 3.8) is 0 Å². The number of carbonyl (C=O) groups excluding carboxylic acids is 1. The lowest BCUT2D eigenvalue weighted by molar-refractivity contribution is -0.103. The van der Waals surface area contributed by atoms with Gasteiger partial charge in [-0.25, -0.2) is 0 Å². The molecule has 222 valence electrons. The van der Waals surface area contributed by atoms with E-state index in [1.54, 1.807) is 31.3 Å². The van der Waals surface area contributed by atoms with Gasteiger partial charge in [-0.3, -0.25) is 15.6 Å². The Morgan fingerprint density at radius 3 is 1.80 bits per heavy atom. The van der Waals surface area contributed by atoms with Crippen LogP contribution in [-0.2, 0) is 4.74 Å². The molecule has 2 aromatic carbocycles. The topological polar surface area (TPSA) is 151 Å². The Kier molecular flexibility index (Phi) is 11.9. The number of ether oxygens (including phenoxy) is 1. The normalized spacial score (nSPS) is 14.0. The van der Waals surface area contributed by atoms with Gasteiger partial charge < -0.3 is 26.8 Å². The molecular weight excluding hydrogens is 557 g/mol. The number of amides is 1. The van der Waals surface area contributed by atoms with Crippen molar-refractivity contribution >= 4 is 52.0 Å². The van der Waals surface area contributed by atoms with Crippen molar-refractivity contribution in [1.82, 2.24) is 21.5 Å². The van der Waals surface area contributed by atoms with Crippen LogP contribution in [0.5, 0.6) is 0 Å². The molecule has 0 bridgehead atoms. The fraction of sp³-hybridized carbons (Fsp3) is 0.414. The molecule has 0 aromatic heterocycles. The summed E-state index contributed by atoms with van der Waals surface area (Å²) in [5.41, 5.74) is 18.9. The standard InChI is InChI=1S/C29H42N8O2S2/c1-27(2,3)29(6,31)39-18-17-28(4,5)33-26(41)37-35-22(19-11-9-8-10-12-19)23(34-36-25(40)32-7)20-13-15-21(16-14-20)24(30)38/h8-16H,17-18,31H2,1-7H3,(H2,30,38)(H2,32,36,40)(H2,33,37,41)/b34-23+,35-22+. The van der Waals surface area contributed by atoms with Gasteiger partial charge in [-0.2, -0.15) is 10.2 Å². The van der Waals surface area contributed by atoms with Gasteiger partial charge in [0.1, 0.15) is 17.1 Å². The van der Waals surface area contributed by atoms with E-state index >= 15 is 0 Å². The summed E-state index contributed by atoms with van der Waals surface area (Å²) in [7, 11) is 1.69. The fourth-order valence-corrected chi connectivity index (χ4v) is 3.67. The number of nitrogens with two attached hydrogens (primary N) is 2. The fourth-order valence-electron chi connectivity index (χ4n) is 3.30. The summed E-state index contributed by atoms with van der Waals surface area (Å²) < 4.78 is 6.01. The molecule has 0 aliphatic rings. The summed E-state index contributed by atoms with van der Waals surface area (Å²) in [6, 6.07) is 16.2. The first-order valence-electron chi connectivity index (χ1n) is 13.2. The molecule has 1 unspecified atom stereocenters. The lowest BCUT2D eigenvalue weighted by Gasteiger charge is -2.39. The van der Waals surface area contributed by atoms with Crippen LogP contribution < -0.4 is 33.0 Å². The molecule has 0 saturated carbocycles. The summed E-state index contributed by atoms with van der Waals surface area (Å²) in [4.78, 5) is 11.6. The van der Waals surface area contributed by atoms with Crippen molar-refractivity contribution in [2.24, 2.45) is 27.1 Å². The van der Waals surface area contributed by atoms with Gasteiger partial charge in [-0.05, 0) is 63.8 Å². The maximum atomic E-state index is 11.6. The van der Waals surface area contributed by atoms with Crippen LogP contribution >= 0.6 is 24.4 Å². The molecule has 0 spiro atoms. The molecular formula is C29H42N8O2S2. The van der Waals surface area contributed by atoms with E-state index in [0.29, 0.717) is 45.8 Å². The molecule has 0 heterocycles. The number of thiocarbonyl (C=S) groups is 2. The quantitative estimate of drug-likeness (QED) is 0.0990. The highest BCUT2D eigenvalue weighted by atomic mass is 32.1. The molecule has 1 atom stereocenters. The van der Waals surface area contributed by atoms with Crippen LogP contribution in [0.2, 0.25) is 0 Å². The molecule has 2 rings (SSSR count). The third-order valence-electron chi connectivity index (χ3n) is 6.55. The van der Waals surface area contributed by atoms with Crippen LogP contribution in [0.1, 0.15) is 69.4 Å². The van der Waals surface area contributed by atoms with Gasteiger partial charge in [0.05, 0.1) is 6.61 Å². The van der Waals surface area contributed by atoms with Gasteiger partial charge >= 0.3 is 0 Å². The zero-order chi connectivity index (χ0) is 30.8. The maximum absolute atomic E-state index is 11.6. The maximum Gasteiger partial charge on any atom is 0.248 e.